The molecule has 1 N–H and O–H groups in total. The van der Waals surface area contributed by atoms with Crippen LogP contribution in [0, 0.1) is 5.41 Å². The molecular formula is C20H29N3O2. The number of hydrogen-bond acceptors (Lipinski definition) is 3. The smallest absolute Gasteiger partial charge is 0.240 e. The molecule has 1 saturated carbocycles. The number of piperazine rings is 1. The highest BCUT2D eigenvalue weighted by atomic mass is 16.2. The van der Waals surface area contributed by atoms with Gasteiger partial charge >= 0.3 is 0 Å². The first-order chi connectivity index (χ1) is 12.0. The van der Waals surface area contributed by atoms with Gasteiger partial charge in [-0.1, -0.05) is 32.0 Å². The van der Waals surface area contributed by atoms with Gasteiger partial charge in [0.2, 0.25) is 11.8 Å². The lowest BCUT2D eigenvalue weighted by Gasteiger charge is -2.34. The van der Waals surface area contributed by atoms with Crippen molar-refractivity contribution in [1.29, 1.82) is 0 Å². The first-order valence-electron chi connectivity index (χ1n) is 9.42. The topological polar surface area (TPSA) is 52.7 Å². The number of aryl methyl sites for hydroxylation is 2. The van der Waals surface area contributed by atoms with Crippen LogP contribution in [0.2, 0.25) is 0 Å². The zero-order chi connectivity index (χ0) is 18.0. The Bertz CT molecular complexity index is 637. The minimum atomic E-state index is -0.832. The lowest BCUT2D eigenvalue weighted by Crippen LogP contribution is -2.51. The standard InChI is InChI=1S/C20H29N3O2/c1-4-15-7-6-8-16(5-2)17(15)21-18(24)20(9-10-20)19(25)23-13-11-22(3)12-14-23/h6-8H,4-5,9-14H2,1-3H3,(H,21,24). The third-order valence-electron chi connectivity index (χ3n) is 5.62. The summed E-state index contributed by atoms with van der Waals surface area (Å²) in [6, 6.07) is 6.14. The van der Waals surface area contributed by atoms with Gasteiger partial charge in [0.1, 0.15) is 5.41 Å². The van der Waals surface area contributed by atoms with Crippen LogP contribution in [0.15, 0.2) is 18.2 Å². The predicted molar refractivity (Wildman–Crippen MR) is 99.6 cm³/mol. The van der Waals surface area contributed by atoms with Gasteiger partial charge in [0.25, 0.3) is 0 Å². The molecule has 0 aromatic heterocycles. The highest BCUT2D eigenvalue weighted by Crippen LogP contribution is 2.48. The first-order valence-corrected chi connectivity index (χ1v) is 9.42. The van der Waals surface area contributed by atoms with Gasteiger partial charge in [0, 0.05) is 31.9 Å². The highest BCUT2D eigenvalue weighted by molar-refractivity contribution is 6.13. The van der Waals surface area contributed by atoms with Crippen molar-refractivity contribution in [3.8, 4) is 0 Å². The maximum atomic E-state index is 13.0. The van der Waals surface area contributed by atoms with Crippen molar-refractivity contribution in [2.75, 3.05) is 38.5 Å². The van der Waals surface area contributed by atoms with Crippen molar-refractivity contribution in [2.24, 2.45) is 5.41 Å². The molecule has 1 aliphatic heterocycles. The number of nitrogens with zero attached hydrogens (tertiary/aromatic N) is 2. The number of para-hydroxylation sites is 1. The van der Waals surface area contributed by atoms with Gasteiger partial charge in [-0.2, -0.15) is 0 Å². The third kappa shape index (κ3) is 3.43. The molecule has 1 aliphatic carbocycles. The quantitative estimate of drug-likeness (QED) is 0.835. The Morgan fingerprint density at radius 2 is 1.60 bits per heavy atom. The fourth-order valence-corrected chi connectivity index (χ4v) is 3.61. The van der Waals surface area contributed by atoms with Gasteiger partial charge in [-0.05, 0) is 43.9 Å². The third-order valence-corrected chi connectivity index (χ3v) is 5.62. The van der Waals surface area contributed by atoms with Gasteiger partial charge in [-0.15, -0.1) is 0 Å². The van der Waals surface area contributed by atoms with E-state index < -0.39 is 5.41 Å². The molecule has 0 unspecified atom stereocenters. The number of carbonyl (C=O) groups is 2. The number of rotatable bonds is 5. The summed E-state index contributed by atoms with van der Waals surface area (Å²) in [6.07, 6.45) is 3.06. The van der Waals surface area contributed by atoms with Crippen LogP contribution in [0.5, 0.6) is 0 Å². The number of nitrogens with one attached hydrogen (secondary N) is 1. The summed E-state index contributed by atoms with van der Waals surface area (Å²) >= 11 is 0. The van der Waals surface area contributed by atoms with Crippen LogP contribution in [-0.4, -0.2) is 54.8 Å². The van der Waals surface area contributed by atoms with E-state index in [1.54, 1.807) is 0 Å². The maximum absolute atomic E-state index is 13.0. The second-order valence-electron chi connectivity index (χ2n) is 7.29. The minimum Gasteiger partial charge on any atom is -0.339 e. The fourth-order valence-electron chi connectivity index (χ4n) is 3.61. The molecule has 0 radical (unpaired) electrons. The molecule has 1 aromatic rings. The van der Waals surface area contributed by atoms with Crippen molar-refractivity contribution < 1.29 is 9.59 Å². The molecule has 25 heavy (non-hydrogen) atoms. The summed E-state index contributed by atoms with van der Waals surface area (Å²) in [5.74, 6) is -0.0999. The van der Waals surface area contributed by atoms with Gasteiger partial charge in [0.15, 0.2) is 0 Å². The van der Waals surface area contributed by atoms with E-state index in [1.807, 2.05) is 11.0 Å². The van der Waals surface area contributed by atoms with Gasteiger partial charge in [-0.25, -0.2) is 0 Å². The lowest BCUT2D eigenvalue weighted by atomic mass is 9.99. The molecule has 2 amide bonds. The van der Waals surface area contributed by atoms with Crippen LogP contribution in [0.1, 0.15) is 37.8 Å². The Morgan fingerprint density at radius 1 is 1.04 bits per heavy atom. The van der Waals surface area contributed by atoms with Crippen LogP contribution in [0.25, 0.3) is 0 Å². The van der Waals surface area contributed by atoms with E-state index in [0.29, 0.717) is 12.8 Å². The van der Waals surface area contributed by atoms with Crippen molar-refractivity contribution in [3.05, 3.63) is 29.3 Å². The van der Waals surface area contributed by atoms with Crippen molar-refractivity contribution in [1.82, 2.24) is 9.80 Å². The number of benzene rings is 1. The fraction of sp³-hybridized carbons (Fsp3) is 0.600. The molecule has 3 rings (SSSR count). The molecule has 2 aliphatic rings. The molecule has 136 valence electrons. The largest absolute Gasteiger partial charge is 0.339 e. The monoisotopic (exact) mass is 343 g/mol. The number of anilines is 1. The van der Waals surface area contributed by atoms with E-state index in [-0.39, 0.29) is 11.8 Å². The van der Waals surface area contributed by atoms with Crippen LogP contribution < -0.4 is 5.32 Å². The molecular weight excluding hydrogens is 314 g/mol. The summed E-state index contributed by atoms with van der Waals surface area (Å²) in [6.45, 7) is 7.37. The minimum absolute atomic E-state index is 0.0186. The molecule has 0 bridgehead atoms. The van der Waals surface area contributed by atoms with E-state index in [4.69, 9.17) is 0 Å². The lowest BCUT2D eigenvalue weighted by molar-refractivity contribution is -0.143. The average Bonchev–Trinajstić information content (AvgIpc) is 3.44. The van der Waals surface area contributed by atoms with Crippen LogP contribution in [0.4, 0.5) is 5.69 Å². The summed E-state index contributed by atoms with van der Waals surface area (Å²) in [5, 5.41) is 3.12. The second-order valence-corrected chi connectivity index (χ2v) is 7.29. The highest BCUT2D eigenvalue weighted by Gasteiger charge is 2.58. The zero-order valence-corrected chi connectivity index (χ0v) is 15.6. The molecule has 1 saturated heterocycles. The summed E-state index contributed by atoms with van der Waals surface area (Å²) < 4.78 is 0. The number of hydrogen-bond donors (Lipinski definition) is 1. The number of likely N-dealkylation sites (N-methyl/N-ethyl adjacent to an activating group) is 1. The maximum Gasteiger partial charge on any atom is 0.240 e. The predicted octanol–water partition coefficient (Wildman–Crippen LogP) is 2.30. The van der Waals surface area contributed by atoms with Gasteiger partial charge in [0.05, 0.1) is 0 Å². The Morgan fingerprint density at radius 3 is 2.08 bits per heavy atom. The molecule has 0 atom stereocenters. The summed E-state index contributed by atoms with van der Waals surface area (Å²) in [5.41, 5.74) is 2.35. The Hall–Kier alpha value is -1.88. The van der Waals surface area contributed by atoms with E-state index in [9.17, 15) is 9.59 Å². The zero-order valence-electron chi connectivity index (χ0n) is 15.6. The number of amides is 2. The van der Waals surface area contributed by atoms with E-state index >= 15 is 0 Å². The van der Waals surface area contributed by atoms with E-state index in [0.717, 1.165) is 55.8 Å². The Labute approximate surface area is 150 Å². The molecule has 5 nitrogen and oxygen atoms in total. The summed E-state index contributed by atoms with van der Waals surface area (Å²) in [4.78, 5) is 30.1. The average molecular weight is 343 g/mol. The Kier molecular flexibility index (Phi) is 5.13. The van der Waals surface area contributed by atoms with Gasteiger partial charge in [-0.3, -0.25) is 9.59 Å². The second kappa shape index (κ2) is 7.16. The normalized spacial score (nSPS) is 19.6. The molecule has 0 spiro atoms. The Balaban J connectivity index is 1.76. The summed E-state index contributed by atoms with van der Waals surface area (Å²) in [7, 11) is 2.06. The number of carbonyl (C=O) groups excluding carboxylic acids is 2. The van der Waals surface area contributed by atoms with Crippen molar-refractivity contribution in [3.63, 3.8) is 0 Å². The van der Waals surface area contributed by atoms with E-state index in [2.05, 4.69) is 43.2 Å². The van der Waals surface area contributed by atoms with Crippen molar-refractivity contribution >= 4 is 17.5 Å². The molecule has 2 fully saturated rings. The first kappa shape index (κ1) is 17.9. The molecule has 1 heterocycles. The van der Waals surface area contributed by atoms with Crippen LogP contribution in [-0.2, 0) is 22.4 Å². The van der Waals surface area contributed by atoms with E-state index in [1.165, 1.54) is 0 Å². The molecule has 5 heteroatoms. The van der Waals surface area contributed by atoms with Crippen LogP contribution in [0.3, 0.4) is 0 Å². The van der Waals surface area contributed by atoms with Gasteiger partial charge < -0.3 is 15.1 Å². The van der Waals surface area contributed by atoms with Crippen LogP contribution >= 0.6 is 0 Å². The van der Waals surface area contributed by atoms with Crippen molar-refractivity contribution in [2.45, 2.75) is 39.5 Å². The SMILES string of the molecule is CCc1cccc(CC)c1NC(=O)C1(C(=O)N2CCN(C)CC2)CC1. The molecule has 1 aromatic carbocycles.